The Bertz CT molecular complexity index is 1790. The summed E-state index contributed by atoms with van der Waals surface area (Å²) in [5.41, 5.74) is 1.73. The SMILES string of the molecule is C/C=C(\C)[C@H]1OC(=O)[C@@H](C)N(C)C(=O)C(C(C)CC)NC(=O)CN(C)C(=O)[C@@H](Cc2ccccc2)N(C)C(=O)[C@H](C)NC(=O)[C@@H](CC(C)C)OC(=O)/C(C)=C/C[C@@H](OCSC)[C@H]1C. The predicted molar refractivity (Wildman–Crippen MR) is 245 cm³/mol. The number of benzene rings is 1. The number of thioether (sulfide) groups is 1. The Labute approximate surface area is 379 Å². The maximum absolute atomic E-state index is 14.2. The maximum Gasteiger partial charge on any atom is 0.334 e. The molecular weight excluding hydrogens is 827 g/mol. The van der Waals surface area contributed by atoms with Crippen molar-refractivity contribution < 1.29 is 47.8 Å². The fourth-order valence-electron chi connectivity index (χ4n) is 7.10. The van der Waals surface area contributed by atoms with Gasteiger partial charge in [0, 0.05) is 39.1 Å². The van der Waals surface area contributed by atoms with Crippen LogP contribution in [0.3, 0.4) is 0 Å². The molecule has 2 unspecified atom stereocenters. The Morgan fingerprint density at radius 2 is 1.56 bits per heavy atom. The predicted octanol–water partition coefficient (Wildman–Crippen LogP) is 4.92. The second-order valence-electron chi connectivity index (χ2n) is 17.1. The summed E-state index contributed by atoms with van der Waals surface area (Å²) in [5.74, 6) is -4.88. The van der Waals surface area contributed by atoms with Crippen molar-refractivity contribution >= 4 is 53.2 Å². The molecule has 1 aromatic carbocycles. The van der Waals surface area contributed by atoms with E-state index in [0.29, 0.717) is 12.4 Å². The van der Waals surface area contributed by atoms with Gasteiger partial charge in [0.1, 0.15) is 30.3 Å². The Hall–Kier alpha value is -4.70. The van der Waals surface area contributed by atoms with Crippen molar-refractivity contribution in [1.82, 2.24) is 25.3 Å². The van der Waals surface area contributed by atoms with Crippen molar-refractivity contribution in [2.24, 2.45) is 17.8 Å². The van der Waals surface area contributed by atoms with E-state index in [4.69, 9.17) is 14.2 Å². The van der Waals surface area contributed by atoms with Crippen LogP contribution in [0.4, 0.5) is 0 Å². The Morgan fingerprint density at radius 1 is 0.921 bits per heavy atom. The van der Waals surface area contributed by atoms with E-state index in [2.05, 4.69) is 10.6 Å². The molecule has 0 saturated carbocycles. The monoisotopic (exact) mass is 900 g/mol. The normalized spacial score (nSPS) is 27.9. The smallest absolute Gasteiger partial charge is 0.334 e. The molecule has 1 aliphatic rings. The third-order valence-electron chi connectivity index (χ3n) is 11.7. The number of esters is 2. The first-order valence-electron chi connectivity index (χ1n) is 21.8. The molecule has 0 aromatic heterocycles. The standard InChI is InChI=1S/C47H73N5O10S/c1-15-29(5)40-45(57)51(12)34(10)47(59)62-41(30(6)16-2)32(8)37(60-27-63-14)23-22-31(7)46(58)61-38(24-28(3)4)42(54)48-33(9)43(55)52(13)36(25-35-20-18-17-19-21-35)44(56)50(11)26-39(53)49-40/h16-22,28-29,32-34,36-38,40-41H,15,23-27H2,1-14H3,(H,48,54)(H,49,53)/b30-16+,31-22+/t29?,32-,33+,34-,36-,37-,38-,40?,41-/m1/s1. The Kier molecular flexibility index (Phi) is 22.6. The number of nitrogens with one attached hydrogen (secondary N) is 2. The van der Waals surface area contributed by atoms with Crippen LogP contribution in [0.15, 0.2) is 53.6 Å². The van der Waals surface area contributed by atoms with Crippen LogP contribution in [0.1, 0.15) is 94.1 Å². The lowest BCUT2D eigenvalue weighted by molar-refractivity contribution is -0.161. The van der Waals surface area contributed by atoms with Gasteiger partial charge < -0.3 is 39.5 Å². The van der Waals surface area contributed by atoms with Gasteiger partial charge in [-0.3, -0.25) is 24.0 Å². The highest BCUT2D eigenvalue weighted by Gasteiger charge is 2.38. The van der Waals surface area contributed by atoms with Gasteiger partial charge in [0.05, 0.1) is 18.6 Å². The highest BCUT2D eigenvalue weighted by Crippen LogP contribution is 2.27. The molecule has 1 aromatic rings. The molecule has 9 atom stereocenters. The summed E-state index contributed by atoms with van der Waals surface area (Å²) in [6, 6.07) is 4.73. The third-order valence-corrected chi connectivity index (χ3v) is 12.1. The number of nitrogens with zero attached hydrogens (tertiary/aromatic N) is 3. The van der Waals surface area contributed by atoms with Crippen molar-refractivity contribution in [2.75, 3.05) is 39.9 Å². The molecule has 0 aliphatic carbocycles. The fraction of sp³-hybridized carbons (Fsp3) is 0.638. The topological polar surface area (TPSA) is 181 Å². The van der Waals surface area contributed by atoms with E-state index in [0.717, 1.165) is 11.1 Å². The number of hydrogen-bond donors (Lipinski definition) is 2. The lowest BCUT2D eigenvalue weighted by atomic mass is 9.90. The summed E-state index contributed by atoms with van der Waals surface area (Å²) < 4.78 is 18.2. The summed E-state index contributed by atoms with van der Waals surface area (Å²) in [4.78, 5) is 101. The van der Waals surface area contributed by atoms with Crippen molar-refractivity contribution in [3.05, 3.63) is 59.2 Å². The number of cyclic esters (lactones) is 2. The van der Waals surface area contributed by atoms with Crippen LogP contribution in [0.2, 0.25) is 0 Å². The molecule has 0 radical (unpaired) electrons. The Balaban J connectivity index is 2.72. The second kappa shape index (κ2) is 26.2. The molecule has 0 spiro atoms. The molecule has 352 valence electrons. The quantitative estimate of drug-likeness (QED) is 0.185. The number of amides is 5. The van der Waals surface area contributed by atoms with Crippen molar-refractivity contribution in [3.8, 4) is 0 Å². The van der Waals surface area contributed by atoms with E-state index in [9.17, 15) is 33.6 Å². The summed E-state index contributed by atoms with van der Waals surface area (Å²) in [6.45, 7) is 17.2. The van der Waals surface area contributed by atoms with Crippen molar-refractivity contribution in [3.63, 3.8) is 0 Å². The van der Waals surface area contributed by atoms with E-state index >= 15 is 0 Å². The lowest BCUT2D eigenvalue weighted by Gasteiger charge is -2.35. The van der Waals surface area contributed by atoms with Crippen LogP contribution in [0.5, 0.6) is 0 Å². The average Bonchev–Trinajstić information content (AvgIpc) is 3.26. The summed E-state index contributed by atoms with van der Waals surface area (Å²) in [5, 5.41) is 5.51. The molecule has 63 heavy (non-hydrogen) atoms. The van der Waals surface area contributed by atoms with Gasteiger partial charge in [0.2, 0.25) is 23.6 Å². The van der Waals surface area contributed by atoms with Crippen LogP contribution >= 0.6 is 11.8 Å². The molecule has 0 bridgehead atoms. The van der Waals surface area contributed by atoms with Gasteiger partial charge in [-0.25, -0.2) is 9.59 Å². The van der Waals surface area contributed by atoms with Crippen LogP contribution in [0.25, 0.3) is 0 Å². The maximum atomic E-state index is 14.2. The summed E-state index contributed by atoms with van der Waals surface area (Å²) >= 11 is 1.46. The minimum absolute atomic E-state index is 0.0618. The molecule has 0 saturated heterocycles. The molecule has 1 aliphatic heterocycles. The molecule has 15 nitrogen and oxygen atoms in total. The van der Waals surface area contributed by atoms with Gasteiger partial charge in [0.25, 0.3) is 5.91 Å². The second-order valence-corrected chi connectivity index (χ2v) is 18.0. The molecular formula is C47H73N5O10S. The number of carbonyl (C=O) groups excluding carboxylic acids is 7. The number of ether oxygens (including phenoxy) is 3. The van der Waals surface area contributed by atoms with Crippen LogP contribution < -0.4 is 10.6 Å². The van der Waals surface area contributed by atoms with E-state index in [1.54, 1.807) is 32.1 Å². The minimum atomic E-state index is -1.23. The lowest BCUT2D eigenvalue weighted by Crippen LogP contribution is -2.58. The minimum Gasteiger partial charge on any atom is -0.456 e. The van der Waals surface area contributed by atoms with Gasteiger partial charge in [-0.2, -0.15) is 0 Å². The average molecular weight is 900 g/mol. The van der Waals surface area contributed by atoms with Crippen LogP contribution in [-0.2, 0) is 54.2 Å². The molecule has 16 heteroatoms. The molecule has 5 amide bonds. The Morgan fingerprint density at radius 3 is 2.13 bits per heavy atom. The van der Waals surface area contributed by atoms with Crippen LogP contribution in [-0.4, -0.2) is 139 Å². The van der Waals surface area contributed by atoms with Gasteiger partial charge in [0.15, 0.2) is 6.10 Å². The molecule has 2 N–H and O–H groups in total. The highest BCUT2D eigenvalue weighted by molar-refractivity contribution is 7.98. The van der Waals surface area contributed by atoms with E-state index in [1.807, 2.05) is 79.0 Å². The summed E-state index contributed by atoms with van der Waals surface area (Å²) in [6.07, 6.45) is 3.86. The zero-order chi connectivity index (χ0) is 47.7. The highest BCUT2D eigenvalue weighted by atomic mass is 32.2. The van der Waals surface area contributed by atoms with Gasteiger partial charge >= 0.3 is 11.9 Å². The third kappa shape index (κ3) is 16.1. The first kappa shape index (κ1) is 54.4. The van der Waals surface area contributed by atoms with E-state index < -0.39 is 96.4 Å². The zero-order valence-corrected chi connectivity index (χ0v) is 40.7. The molecule has 1 heterocycles. The van der Waals surface area contributed by atoms with E-state index in [1.165, 1.54) is 54.5 Å². The fourth-order valence-corrected chi connectivity index (χ4v) is 7.41. The number of rotatable bonds is 10. The first-order valence-corrected chi connectivity index (χ1v) is 23.2. The number of carbonyl (C=O) groups is 7. The largest absolute Gasteiger partial charge is 0.456 e. The van der Waals surface area contributed by atoms with Crippen molar-refractivity contribution in [1.29, 1.82) is 0 Å². The summed E-state index contributed by atoms with van der Waals surface area (Å²) in [7, 11) is 4.37. The van der Waals surface area contributed by atoms with E-state index in [-0.39, 0.29) is 36.7 Å². The van der Waals surface area contributed by atoms with Crippen LogP contribution in [0, 0.1) is 17.8 Å². The number of likely N-dealkylation sites (N-methyl/N-ethyl adjacent to an activating group) is 3. The number of hydrogen-bond acceptors (Lipinski definition) is 11. The van der Waals surface area contributed by atoms with Gasteiger partial charge in [-0.05, 0) is 76.7 Å². The first-order chi connectivity index (χ1) is 29.6. The number of allylic oxidation sites excluding steroid dienone is 1. The van der Waals surface area contributed by atoms with Crippen molar-refractivity contribution in [2.45, 2.75) is 137 Å². The molecule has 2 rings (SSSR count). The van der Waals surface area contributed by atoms with Gasteiger partial charge in [-0.1, -0.05) is 83.5 Å². The zero-order valence-electron chi connectivity index (χ0n) is 39.9. The van der Waals surface area contributed by atoms with Gasteiger partial charge in [-0.15, -0.1) is 11.8 Å². The molecule has 0 fully saturated rings.